The molecule has 4 heterocycles. The molecule has 2 bridgehead atoms. The highest BCUT2D eigenvalue weighted by atomic mass is 16.5. The number of rotatable bonds is 5. The van der Waals surface area contributed by atoms with Crippen LogP contribution in [0.4, 0.5) is 4.79 Å². The number of hydrogen-bond acceptors (Lipinski definition) is 5. The summed E-state index contributed by atoms with van der Waals surface area (Å²) in [6, 6.07) is -0.469. The molecule has 4 aliphatic rings. The minimum atomic E-state index is -0.691. The summed E-state index contributed by atoms with van der Waals surface area (Å²) in [5.74, 6) is -1.08. The molecule has 3 saturated heterocycles. The largest absolute Gasteiger partial charge is 0.380 e. The second-order valence-corrected chi connectivity index (χ2v) is 7.51. The summed E-state index contributed by atoms with van der Waals surface area (Å²) in [5.41, 5.74) is 4.62. The Bertz CT molecular complexity index is 675. The van der Waals surface area contributed by atoms with Gasteiger partial charge in [0.05, 0.1) is 31.1 Å². The average Bonchev–Trinajstić information content (AvgIpc) is 3.30. The summed E-state index contributed by atoms with van der Waals surface area (Å²) in [6.07, 6.45) is 3.52. The van der Waals surface area contributed by atoms with Gasteiger partial charge in [0.2, 0.25) is 11.8 Å². The number of piperazine rings is 1. The average molecular weight is 378 g/mol. The Kier molecular flexibility index (Phi) is 4.59. The molecule has 4 amide bonds. The summed E-state index contributed by atoms with van der Waals surface area (Å²) in [6.45, 7) is 5.66. The van der Waals surface area contributed by atoms with Gasteiger partial charge in [0.15, 0.2) is 0 Å². The number of nitrogens with two attached hydrogens (primary N) is 1. The van der Waals surface area contributed by atoms with Crippen molar-refractivity contribution in [3.63, 3.8) is 0 Å². The monoisotopic (exact) mass is 378 g/mol. The van der Waals surface area contributed by atoms with E-state index in [9.17, 15) is 14.4 Å². The van der Waals surface area contributed by atoms with E-state index in [0.717, 1.165) is 0 Å². The van der Waals surface area contributed by atoms with E-state index in [1.807, 2.05) is 19.1 Å². The van der Waals surface area contributed by atoms with E-state index in [2.05, 4.69) is 0 Å². The lowest BCUT2D eigenvalue weighted by atomic mass is 9.76. The lowest BCUT2D eigenvalue weighted by Gasteiger charge is -2.36. The maximum Gasteiger partial charge on any atom is 0.314 e. The van der Waals surface area contributed by atoms with Gasteiger partial charge in [0, 0.05) is 39.3 Å². The van der Waals surface area contributed by atoms with Crippen LogP contribution in [0.15, 0.2) is 12.2 Å². The van der Waals surface area contributed by atoms with Crippen molar-refractivity contribution in [1.29, 1.82) is 0 Å². The number of primary amides is 1. The molecule has 0 aromatic rings. The van der Waals surface area contributed by atoms with E-state index in [4.69, 9.17) is 15.2 Å². The van der Waals surface area contributed by atoms with Gasteiger partial charge in [-0.15, -0.1) is 0 Å². The van der Waals surface area contributed by atoms with Gasteiger partial charge in [-0.3, -0.25) is 9.59 Å². The van der Waals surface area contributed by atoms with Gasteiger partial charge >= 0.3 is 6.03 Å². The van der Waals surface area contributed by atoms with Gasteiger partial charge in [-0.1, -0.05) is 12.2 Å². The third-order valence-corrected chi connectivity index (χ3v) is 6.08. The molecule has 0 aliphatic carbocycles. The van der Waals surface area contributed by atoms with Crippen LogP contribution in [0.25, 0.3) is 0 Å². The molecule has 0 aromatic heterocycles. The molecule has 148 valence electrons. The van der Waals surface area contributed by atoms with Gasteiger partial charge in [-0.25, -0.2) is 4.79 Å². The highest BCUT2D eigenvalue weighted by Gasteiger charge is 2.67. The minimum absolute atomic E-state index is 0.0318. The molecule has 2 N–H and O–H groups in total. The van der Waals surface area contributed by atoms with Gasteiger partial charge in [-0.05, 0) is 6.92 Å². The topological polar surface area (TPSA) is 105 Å². The highest BCUT2D eigenvalue weighted by molar-refractivity contribution is 5.93. The van der Waals surface area contributed by atoms with Crippen molar-refractivity contribution in [3.8, 4) is 0 Å². The molecule has 0 aromatic carbocycles. The molecule has 9 nitrogen and oxygen atoms in total. The van der Waals surface area contributed by atoms with E-state index in [0.29, 0.717) is 52.5 Å². The Morgan fingerprint density at radius 1 is 1.30 bits per heavy atom. The van der Waals surface area contributed by atoms with Crippen LogP contribution in [0.2, 0.25) is 0 Å². The Morgan fingerprint density at radius 3 is 2.67 bits per heavy atom. The fourth-order valence-corrected chi connectivity index (χ4v) is 4.73. The van der Waals surface area contributed by atoms with Crippen LogP contribution in [0, 0.1) is 11.8 Å². The molecule has 3 fully saturated rings. The minimum Gasteiger partial charge on any atom is -0.380 e. The van der Waals surface area contributed by atoms with E-state index in [-0.39, 0.29) is 17.9 Å². The van der Waals surface area contributed by atoms with Crippen LogP contribution < -0.4 is 5.73 Å². The molecular weight excluding hydrogens is 352 g/mol. The Balaban J connectivity index is 1.46. The first-order valence-corrected chi connectivity index (χ1v) is 9.54. The van der Waals surface area contributed by atoms with Crippen LogP contribution in [0.3, 0.4) is 0 Å². The number of nitrogens with zero attached hydrogens (tertiary/aromatic N) is 3. The van der Waals surface area contributed by atoms with Gasteiger partial charge in [0.1, 0.15) is 5.60 Å². The highest BCUT2D eigenvalue weighted by Crippen LogP contribution is 2.52. The number of ether oxygens (including phenoxy) is 2. The first-order valence-electron chi connectivity index (χ1n) is 9.54. The van der Waals surface area contributed by atoms with Gasteiger partial charge in [-0.2, -0.15) is 0 Å². The van der Waals surface area contributed by atoms with Crippen molar-refractivity contribution in [2.75, 3.05) is 52.5 Å². The predicted molar refractivity (Wildman–Crippen MR) is 94.5 cm³/mol. The lowest BCUT2D eigenvalue weighted by Crippen LogP contribution is -2.55. The van der Waals surface area contributed by atoms with Gasteiger partial charge < -0.3 is 29.9 Å². The van der Waals surface area contributed by atoms with E-state index < -0.39 is 23.5 Å². The summed E-state index contributed by atoms with van der Waals surface area (Å²) in [4.78, 5) is 42.5. The summed E-state index contributed by atoms with van der Waals surface area (Å²) in [7, 11) is 0. The Hall–Kier alpha value is -2.13. The number of fused-ring (bicyclic) bond motifs is 1. The first-order chi connectivity index (χ1) is 13.0. The number of carbonyl (C=O) groups is 3. The summed E-state index contributed by atoms with van der Waals surface area (Å²) >= 11 is 0. The molecule has 1 spiro atoms. The molecule has 0 radical (unpaired) electrons. The molecule has 4 aliphatic heterocycles. The van der Waals surface area contributed by atoms with E-state index in [1.54, 1.807) is 9.80 Å². The van der Waals surface area contributed by atoms with Crippen LogP contribution in [-0.2, 0) is 19.1 Å². The van der Waals surface area contributed by atoms with Crippen LogP contribution in [-0.4, -0.2) is 96.7 Å². The van der Waals surface area contributed by atoms with Crippen LogP contribution >= 0.6 is 0 Å². The maximum atomic E-state index is 13.2. The number of carbonyl (C=O) groups excluding carboxylic acids is 3. The van der Waals surface area contributed by atoms with Crippen molar-refractivity contribution in [1.82, 2.24) is 14.7 Å². The molecule has 0 saturated carbocycles. The maximum absolute atomic E-state index is 13.2. The Morgan fingerprint density at radius 2 is 2.00 bits per heavy atom. The van der Waals surface area contributed by atoms with Crippen molar-refractivity contribution in [2.24, 2.45) is 17.6 Å². The molecule has 4 atom stereocenters. The molecule has 9 heteroatoms. The molecule has 27 heavy (non-hydrogen) atoms. The summed E-state index contributed by atoms with van der Waals surface area (Å²) in [5, 5.41) is 0. The molecule has 0 unspecified atom stereocenters. The second kappa shape index (κ2) is 6.79. The number of hydrogen-bond donors (Lipinski definition) is 1. The number of amides is 4. The van der Waals surface area contributed by atoms with Gasteiger partial charge in [0.25, 0.3) is 0 Å². The number of likely N-dealkylation sites (tertiary alicyclic amines) is 1. The third-order valence-electron chi connectivity index (χ3n) is 6.08. The van der Waals surface area contributed by atoms with Crippen molar-refractivity contribution >= 4 is 17.8 Å². The Labute approximate surface area is 158 Å². The molecule has 4 rings (SSSR count). The van der Waals surface area contributed by atoms with E-state index >= 15 is 0 Å². The quantitative estimate of drug-likeness (QED) is 0.489. The van der Waals surface area contributed by atoms with Crippen molar-refractivity contribution < 1.29 is 23.9 Å². The fraction of sp³-hybridized carbons (Fsp3) is 0.722. The van der Waals surface area contributed by atoms with Crippen LogP contribution in [0.5, 0.6) is 0 Å². The zero-order valence-electron chi connectivity index (χ0n) is 15.5. The predicted octanol–water partition coefficient (Wildman–Crippen LogP) is -0.972. The van der Waals surface area contributed by atoms with E-state index in [1.165, 1.54) is 4.90 Å². The zero-order chi connectivity index (χ0) is 19.2. The normalized spacial score (nSPS) is 34.5. The zero-order valence-corrected chi connectivity index (χ0v) is 15.5. The van der Waals surface area contributed by atoms with Crippen molar-refractivity contribution in [2.45, 2.75) is 18.6 Å². The third kappa shape index (κ3) is 2.89. The SMILES string of the molecule is CCOCCN1C[C@]23C=C[C@H](O2)[C@@H](C(=O)N2CCN(C(N)=O)CC2)[C@@H]3C1=O. The standard InChI is InChI=1S/C18H26N4O5/c1-2-26-10-9-22-11-18-4-3-12(27-18)13(14(18)16(22)24)15(23)20-5-7-21(8-6-20)17(19)25/h3-4,12-14H,2,5-11H2,1H3,(H2,19,25)/t12-,13+,14+,18-/m0/s1. The summed E-state index contributed by atoms with van der Waals surface area (Å²) < 4.78 is 11.5. The lowest BCUT2D eigenvalue weighted by molar-refractivity contribution is -0.144. The molecular formula is C18H26N4O5. The number of urea groups is 1. The fourth-order valence-electron chi connectivity index (χ4n) is 4.73. The first kappa shape index (κ1) is 18.2. The van der Waals surface area contributed by atoms with Crippen molar-refractivity contribution in [3.05, 3.63) is 12.2 Å². The van der Waals surface area contributed by atoms with Crippen LogP contribution in [0.1, 0.15) is 6.92 Å². The second-order valence-electron chi connectivity index (χ2n) is 7.51. The smallest absolute Gasteiger partial charge is 0.314 e.